The highest BCUT2D eigenvalue weighted by atomic mass is 16.5. The number of hydrogen-bond donors (Lipinski definition) is 0. The Kier molecular flexibility index (Phi) is 5.10. The molecule has 0 amide bonds. The van der Waals surface area contributed by atoms with E-state index in [1.807, 2.05) is 6.07 Å². The van der Waals surface area contributed by atoms with E-state index in [1.165, 1.54) is 5.56 Å². The lowest BCUT2D eigenvalue weighted by atomic mass is 9.68. The molecule has 0 N–H and O–H groups in total. The van der Waals surface area contributed by atoms with E-state index in [-0.39, 0.29) is 17.4 Å². The van der Waals surface area contributed by atoms with Gasteiger partial charge in [0.2, 0.25) is 0 Å². The minimum Gasteiger partial charge on any atom is -0.493 e. The number of carbonyl (C=O) groups is 1. The van der Waals surface area contributed by atoms with Crippen LogP contribution in [0, 0.1) is 0 Å². The first kappa shape index (κ1) is 18.5. The number of likely N-dealkylation sites (N-methyl/N-ethyl adjacent to an activating group) is 1. The Morgan fingerprint density at radius 1 is 1.27 bits per heavy atom. The molecule has 3 rings (SSSR count). The zero-order valence-corrected chi connectivity index (χ0v) is 16.0. The van der Waals surface area contributed by atoms with Gasteiger partial charge in [0.15, 0.2) is 11.5 Å². The van der Waals surface area contributed by atoms with E-state index < -0.39 is 0 Å². The topological polar surface area (TPSA) is 48.0 Å². The molecule has 0 spiro atoms. The van der Waals surface area contributed by atoms with E-state index in [9.17, 15) is 4.79 Å². The maximum absolute atomic E-state index is 11.9. The van der Waals surface area contributed by atoms with Crippen LogP contribution in [0.5, 0.6) is 11.5 Å². The van der Waals surface area contributed by atoms with Gasteiger partial charge in [-0.1, -0.05) is 12.6 Å². The number of ether oxygens (including phenoxy) is 3. The molecule has 0 bridgehead atoms. The van der Waals surface area contributed by atoms with Gasteiger partial charge in [-0.05, 0) is 57.1 Å². The molecule has 2 unspecified atom stereocenters. The Morgan fingerprint density at radius 3 is 2.65 bits per heavy atom. The van der Waals surface area contributed by atoms with Gasteiger partial charge in [0.05, 0.1) is 14.2 Å². The van der Waals surface area contributed by atoms with Crippen molar-refractivity contribution in [2.24, 2.45) is 0 Å². The summed E-state index contributed by atoms with van der Waals surface area (Å²) in [5, 5.41) is 0. The Morgan fingerprint density at radius 2 is 2.00 bits per heavy atom. The Balaban J connectivity index is 1.94. The third-order valence-corrected chi connectivity index (χ3v) is 5.70. The van der Waals surface area contributed by atoms with Crippen LogP contribution in [0.25, 0.3) is 0 Å². The lowest BCUT2D eigenvalue weighted by Gasteiger charge is -2.40. The predicted molar refractivity (Wildman–Crippen MR) is 100 cm³/mol. The second kappa shape index (κ2) is 7.16. The van der Waals surface area contributed by atoms with Gasteiger partial charge in [-0.2, -0.15) is 0 Å². The van der Waals surface area contributed by atoms with Crippen molar-refractivity contribution in [2.45, 2.75) is 37.6 Å². The maximum atomic E-state index is 11.9. The molecule has 1 aliphatic carbocycles. The number of hydrogen-bond acceptors (Lipinski definition) is 5. The number of allylic oxidation sites excluding steroid dienone is 1. The standard InChI is InChI=1S/C21H27NO4/c1-14(2)20(23)26-16-8-9-21(10-11-22(3)19(21)13-16)15-6-7-17(24-4)18(12-15)25-5/h6-8,12,19H,1,9-11,13H2,2-5H3. The molecule has 1 fully saturated rings. The maximum Gasteiger partial charge on any atom is 0.338 e. The number of benzene rings is 1. The summed E-state index contributed by atoms with van der Waals surface area (Å²) < 4.78 is 16.4. The number of nitrogens with zero attached hydrogens (tertiary/aromatic N) is 1. The van der Waals surface area contributed by atoms with Crippen molar-refractivity contribution in [2.75, 3.05) is 27.8 Å². The third-order valence-electron chi connectivity index (χ3n) is 5.70. The molecule has 1 aliphatic heterocycles. The molecular formula is C21H27NO4. The number of carbonyl (C=O) groups excluding carboxylic acids is 1. The summed E-state index contributed by atoms with van der Waals surface area (Å²) in [6.07, 6.45) is 4.66. The summed E-state index contributed by atoms with van der Waals surface area (Å²) in [6.45, 7) is 6.34. The lowest BCUT2D eigenvalue weighted by molar-refractivity contribution is -0.135. The molecule has 140 valence electrons. The summed E-state index contributed by atoms with van der Waals surface area (Å²) in [5.74, 6) is 1.87. The normalized spacial score (nSPS) is 25.2. The van der Waals surface area contributed by atoms with Crippen molar-refractivity contribution >= 4 is 5.97 Å². The van der Waals surface area contributed by atoms with Gasteiger partial charge in [0.25, 0.3) is 0 Å². The second-order valence-corrected chi connectivity index (χ2v) is 7.22. The fourth-order valence-electron chi connectivity index (χ4n) is 4.17. The van der Waals surface area contributed by atoms with Crippen LogP contribution in [0.2, 0.25) is 0 Å². The van der Waals surface area contributed by atoms with Crippen LogP contribution in [0.1, 0.15) is 31.7 Å². The van der Waals surface area contributed by atoms with E-state index in [0.29, 0.717) is 12.0 Å². The van der Waals surface area contributed by atoms with Gasteiger partial charge in [-0.3, -0.25) is 0 Å². The molecule has 2 atom stereocenters. The number of likely N-dealkylation sites (tertiary alicyclic amines) is 1. The van der Waals surface area contributed by atoms with Crippen LogP contribution in [-0.4, -0.2) is 44.7 Å². The smallest absolute Gasteiger partial charge is 0.338 e. The molecule has 1 saturated heterocycles. The molecule has 26 heavy (non-hydrogen) atoms. The van der Waals surface area contributed by atoms with Crippen LogP contribution in [0.3, 0.4) is 0 Å². The van der Waals surface area contributed by atoms with Crippen LogP contribution in [0.4, 0.5) is 0 Å². The zero-order chi connectivity index (χ0) is 18.9. The first-order valence-corrected chi connectivity index (χ1v) is 8.90. The molecule has 0 radical (unpaired) electrons. The number of rotatable bonds is 5. The first-order valence-electron chi connectivity index (χ1n) is 8.90. The van der Waals surface area contributed by atoms with Crippen LogP contribution in [-0.2, 0) is 14.9 Å². The SMILES string of the molecule is C=C(C)C(=O)OC1=CCC2(c3ccc(OC)c(OC)c3)CCN(C)C2C1. The Hall–Kier alpha value is -2.27. The van der Waals surface area contributed by atoms with Gasteiger partial charge in [0, 0.05) is 23.5 Å². The molecule has 2 aliphatic rings. The van der Waals surface area contributed by atoms with Crippen molar-refractivity contribution in [3.05, 3.63) is 47.7 Å². The van der Waals surface area contributed by atoms with Crippen molar-refractivity contribution < 1.29 is 19.0 Å². The monoisotopic (exact) mass is 357 g/mol. The molecule has 5 heteroatoms. The number of methoxy groups -OCH3 is 2. The first-order chi connectivity index (χ1) is 12.4. The Bertz CT molecular complexity index is 754. The molecule has 1 heterocycles. The zero-order valence-electron chi connectivity index (χ0n) is 16.0. The van der Waals surface area contributed by atoms with Crippen molar-refractivity contribution in [1.29, 1.82) is 0 Å². The summed E-state index contributed by atoms with van der Waals surface area (Å²) >= 11 is 0. The van der Waals surface area contributed by atoms with E-state index in [2.05, 4.69) is 36.7 Å². The summed E-state index contributed by atoms with van der Waals surface area (Å²) in [4.78, 5) is 14.2. The van der Waals surface area contributed by atoms with Gasteiger partial charge in [0.1, 0.15) is 5.76 Å². The van der Waals surface area contributed by atoms with E-state index in [1.54, 1.807) is 21.1 Å². The molecule has 5 nitrogen and oxygen atoms in total. The number of fused-ring (bicyclic) bond motifs is 1. The van der Waals surface area contributed by atoms with E-state index >= 15 is 0 Å². The minimum absolute atomic E-state index is 0.00652. The minimum atomic E-state index is -0.351. The van der Waals surface area contributed by atoms with Crippen LogP contribution < -0.4 is 9.47 Å². The number of esters is 1. The predicted octanol–water partition coefficient (Wildman–Crippen LogP) is 3.44. The van der Waals surface area contributed by atoms with Crippen LogP contribution >= 0.6 is 0 Å². The molecule has 1 aromatic rings. The third kappa shape index (κ3) is 3.12. The second-order valence-electron chi connectivity index (χ2n) is 7.22. The summed E-state index contributed by atoms with van der Waals surface area (Å²) in [5.41, 5.74) is 1.65. The van der Waals surface area contributed by atoms with Gasteiger partial charge < -0.3 is 19.1 Å². The largest absolute Gasteiger partial charge is 0.493 e. The summed E-state index contributed by atoms with van der Waals surface area (Å²) in [7, 11) is 5.44. The van der Waals surface area contributed by atoms with Gasteiger partial charge in [-0.25, -0.2) is 4.79 Å². The Labute approximate surface area is 155 Å². The van der Waals surface area contributed by atoms with E-state index in [0.717, 1.165) is 36.6 Å². The highest BCUT2D eigenvalue weighted by molar-refractivity contribution is 5.87. The average molecular weight is 357 g/mol. The van der Waals surface area contributed by atoms with Crippen molar-refractivity contribution in [3.63, 3.8) is 0 Å². The lowest BCUT2D eigenvalue weighted by Crippen LogP contribution is -2.43. The van der Waals surface area contributed by atoms with Crippen molar-refractivity contribution in [3.8, 4) is 11.5 Å². The summed E-state index contributed by atoms with van der Waals surface area (Å²) in [6, 6.07) is 6.47. The van der Waals surface area contributed by atoms with Gasteiger partial charge >= 0.3 is 5.97 Å². The highest BCUT2D eigenvalue weighted by Crippen LogP contribution is 2.49. The van der Waals surface area contributed by atoms with Crippen LogP contribution in [0.15, 0.2) is 42.2 Å². The molecular weight excluding hydrogens is 330 g/mol. The molecule has 0 saturated carbocycles. The van der Waals surface area contributed by atoms with Crippen molar-refractivity contribution in [1.82, 2.24) is 4.90 Å². The molecule has 0 aromatic heterocycles. The van der Waals surface area contributed by atoms with Gasteiger partial charge in [-0.15, -0.1) is 0 Å². The quantitative estimate of drug-likeness (QED) is 0.597. The van der Waals surface area contributed by atoms with E-state index in [4.69, 9.17) is 14.2 Å². The fourth-order valence-corrected chi connectivity index (χ4v) is 4.17. The average Bonchev–Trinajstić information content (AvgIpc) is 2.98. The highest BCUT2D eigenvalue weighted by Gasteiger charge is 2.49. The molecule has 1 aromatic carbocycles. The fraction of sp³-hybridized carbons (Fsp3) is 0.476.